The summed E-state index contributed by atoms with van der Waals surface area (Å²) in [5.74, 6) is 2.93. The van der Waals surface area contributed by atoms with E-state index in [0.29, 0.717) is 25.0 Å². The van der Waals surface area contributed by atoms with Crippen LogP contribution in [0.1, 0.15) is 50.4 Å². The fourth-order valence-corrected chi connectivity index (χ4v) is 2.55. The van der Waals surface area contributed by atoms with E-state index in [-0.39, 0.29) is 29.9 Å². The quantitative estimate of drug-likeness (QED) is 0.205. The standard InChI is InChI=1S/C21H33N5O2.HI/c1-16(2)20-25-19(28-26-20)11-8-12-23-21(22-4)24-13-17(3)14-27-15-18-9-6-5-7-10-18;/h5-7,9-10,16-17H,8,11-15H2,1-4H3,(H2,22,23,24);1H. The molecule has 2 aromatic rings. The van der Waals surface area contributed by atoms with Crippen molar-refractivity contribution in [2.24, 2.45) is 10.9 Å². The van der Waals surface area contributed by atoms with Crippen LogP contribution in [0.3, 0.4) is 0 Å². The van der Waals surface area contributed by atoms with Gasteiger partial charge in [-0.25, -0.2) is 0 Å². The lowest BCUT2D eigenvalue weighted by Crippen LogP contribution is -2.40. The molecule has 1 unspecified atom stereocenters. The Hall–Kier alpha value is -1.68. The number of ether oxygens (including phenoxy) is 1. The molecule has 0 bridgehead atoms. The fraction of sp³-hybridized carbons (Fsp3) is 0.571. The first-order chi connectivity index (χ1) is 13.6. The molecule has 0 fully saturated rings. The number of nitrogens with zero attached hydrogens (tertiary/aromatic N) is 3. The molecule has 2 N–H and O–H groups in total. The molecule has 0 aliphatic carbocycles. The van der Waals surface area contributed by atoms with Crippen molar-refractivity contribution in [3.63, 3.8) is 0 Å². The number of guanidine groups is 1. The highest BCUT2D eigenvalue weighted by Crippen LogP contribution is 2.10. The van der Waals surface area contributed by atoms with Gasteiger partial charge in [0.25, 0.3) is 0 Å². The number of aryl methyl sites for hydroxylation is 1. The van der Waals surface area contributed by atoms with Crippen LogP contribution >= 0.6 is 24.0 Å². The van der Waals surface area contributed by atoms with Crippen LogP contribution < -0.4 is 10.6 Å². The van der Waals surface area contributed by atoms with Crippen LogP contribution in [0.25, 0.3) is 0 Å². The summed E-state index contributed by atoms with van der Waals surface area (Å²) in [5, 5.41) is 10.6. The molecule has 8 heteroatoms. The number of aliphatic imine (C=N–C) groups is 1. The van der Waals surface area contributed by atoms with Crippen LogP contribution in [0.4, 0.5) is 0 Å². The van der Waals surface area contributed by atoms with E-state index in [2.05, 4.69) is 58.7 Å². The highest BCUT2D eigenvalue weighted by molar-refractivity contribution is 14.0. The second kappa shape index (κ2) is 14.3. The Morgan fingerprint density at radius 2 is 1.93 bits per heavy atom. The average molecular weight is 515 g/mol. The first kappa shape index (κ1) is 25.4. The van der Waals surface area contributed by atoms with Crippen LogP contribution in [-0.2, 0) is 17.8 Å². The summed E-state index contributed by atoms with van der Waals surface area (Å²) in [5.41, 5.74) is 1.20. The summed E-state index contributed by atoms with van der Waals surface area (Å²) in [6.45, 7) is 9.21. The van der Waals surface area contributed by atoms with E-state index in [1.54, 1.807) is 7.05 Å². The maximum Gasteiger partial charge on any atom is 0.226 e. The van der Waals surface area contributed by atoms with Gasteiger partial charge in [0.2, 0.25) is 5.89 Å². The third-order valence-corrected chi connectivity index (χ3v) is 4.22. The maximum absolute atomic E-state index is 5.79. The van der Waals surface area contributed by atoms with Crippen molar-refractivity contribution in [3.05, 3.63) is 47.6 Å². The Morgan fingerprint density at radius 1 is 1.17 bits per heavy atom. The van der Waals surface area contributed by atoms with Crippen molar-refractivity contribution in [3.8, 4) is 0 Å². The van der Waals surface area contributed by atoms with Gasteiger partial charge in [0.05, 0.1) is 13.2 Å². The number of halogens is 1. The lowest BCUT2D eigenvalue weighted by molar-refractivity contribution is 0.0931. The number of benzene rings is 1. The summed E-state index contributed by atoms with van der Waals surface area (Å²) in [6, 6.07) is 10.2. The van der Waals surface area contributed by atoms with E-state index in [1.165, 1.54) is 5.56 Å². The van der Waals surface area contributed by atoms with E-state index in [0.717, 1.165) is 37.7 Å². The molecule has 0 saturated carbocycles. The molecule has 29 heavy (non-hydrogen) atoms. The van der Waals surface area contributed by atoms with Gasteiger partial charge in [0.1, 0.15) is 0 Å². The predicted octanol–water partition coefficient (Wildman–Crippen LogP) is 3.76. The van der Waals surface area contributed by atoms with E-state index >= 15 is 0 Å². The van der Waals surface area contributed by atoms with Crippen LogP contribution in [0.5, 0.6) is 0 Å². The second-order valence-electron chi connectivity index (χ2n) is 7.29. The van der Waals surface area contributed by atoms with Crippen molar-refractivity contribution >= 4 is 29.9 Å². The van der Waals surface area contributed by atoms with Crippen molar-refractivity contribution in [1.29, 1.82) is 0 Å². The zero-order valence-electron chi connectivity index (χ0n) is 17.9. The minimum absolute atomic E-state index is 0. The van der Waals surface area contributed by atoms with Crippen LogP contribution in [-0.4, -0.2) is 42.8 Å². The molecular formula is C21H34IN5O2. The number of rotatable bonds is 11. The molecule has 0 aliphatic heterocycles. The van der Waals surface area contributed by atoms with E-state index in [1.807, 2.05) is 18.2 Å². The number of hydrogen-bond acceptors (Lipinski definition) is 5. The van der Waals surface area contributed by atoms with Crippen molar-refractivity contribution < 1.29 is 9.26 Å². The molecule has 1 aromatic carbocycles. The third-order valence-electron chi connectivity index (χ3n) is 4.22. The molecule has 0 spiro atoms. The maximum atomic E-state index is 5.79. The van der Waals surface area contributed by atoms with Gasteiger partial charge in [-0.05, 0) is 17.9 Å². The molecule has 0 aliphatic rings. The summed E-state index contributed by atoms with van der Waals surface area (Å²) >= 11 is 0. The van der Waals surface area contributed by atoms with Crippen molar-refractivity contribution in [1.82, 2.24) is 20.8 Å². The molecule has 1 atom stereocenters. The summed E-state index contributed by atoms with van der Waals surface area (Å²) in [6.07, 6.45) is 1.66. The summed E-state index contributed by atoms with van der Waals surface area (Å²) in [4.78, 5) is 8.65. The molecule has 0 amide bonds. The lowest BCUT2D eigenvalue weighted by atomic mass is 10.2. The van der Waals surface area contributed by atoms with Crippen LogP contribution in [0.2, 0.25) is 0 Å². The normalized spacial score (nSPS) is 12.5. The van der Waals surface area contributed by atoms with Gasteiger partial charge in [-0.2, -0.15) is 4.98 Å². The zero-order chi connectivity index (χ0) is 20.2. The van der Waals surface area contributed by atoms with Gasteiger partial charge in [0.15, 0.2) is 11.8 Å². The predicted molar refractivity (Wildman–Crippen MR) is 127 cm³/mol. The smallest absolute Gasteiger partial charge is 0.226 e. The van der Waals surface area contributed by atoms with Gasteiger partial charge in [0, 0.05) is 32.5 Å². The first-order valence-electron chi connectivity index (χ1n) is 9.97. The van der Waals surface area contributed by atoms with Crippen molar-refractivity contribution in [2.45, 2.75) is 46.1 Å². The van der Waals surface area contributed by atoms with Crippen LogP contribution in [0.15, 0.2) is 39.8 Å². The Morgan fingerprint density at radius 3 is 2.59 bits per heavy atom. The van der Waals surface area contributed by atoms with E-state index in [4.69, 9.17) is 9.26 Å². The highest BCUT2D eigenvalue weighted by atomic mass is 127. The number of nitrogens with one attached hydrogen (secondary N) is 2. The highest BCUT2D eigenvalue weighted by Gasteiger charge is 2.09. The molecule has 0 radical (unpaired) electrons. The Labute approximate surface area is 191 Å². The fourth-order valence-electron chi connectivity index (χ4n) is 2.55. The number of hydrogen-bond donors (Lipinski definition) is 2. The molecular weight excluding hydrogens is 481 g/mol. The van der Waals surface area contributed by atoms with Gasteiger partial charge in [-0.15, -0.1) is 24.0 Å². The van der Waals surface area contributed by atoms with Crippen LogP contribution in [0, 0.1) is 5.92 Å². The minimum atomic E-state index is 0. The second-order valence-corrected chi connectivity index (χ2v) is 7.29. The van der Waals surface area contributed by atoms with Crippen molar-refractivity contribution in [2.75, 3.05) is 26.7 Å². The topological polar surface area (TPSA) is 84.6 Å². The molecule has 2 rings (SSSR count). The van der Waals surface area contributed by atoms with Gasteiger partial charge in [-0.3, -0.25) is 4.99 Å². The average Bonchev–Trinajstić information content (AvgIpc) is 3.17. The monoisotopic (exact) mass is 515 g/mol. The zero-order valence-corrected chi connectivity index (χ0v) is 20.2. The van der Waals surface area contributed by atoms with Gasteiger partial charge in [-0.1, -0.05) is 56.3 Å². The molecule has 1 aromatic heterocycles. The van der Waals surface area contributed by atoms with Gasteiger partial charge >= 0.3 is 0 Å². The summed E-state index contributed by atoms with van der Waals surface area (Å²) < 4.78 is 11.0. The summed E-state index contributed by atoms with van der Waals surface area (Å²) in [7, 11) is 1.78. The molecule has 7 nitrogen and oxygen atoms in total. The SMILES string of the molecule is CN=C(NCCCc1nc(C(C)C)no1)NCC(C)COCc1ccccc1.I. The van der Waals surface area contributed by atoms with E-state index in [9.17, 15) is 0 Å². The first-order valence-corrected chi connectivity index (χ1v) is 9.97. The molecule has 1 heterocycles. The molecule has 0 saturated heterocycles. The Bertz CT molecular complexity index is 706. The number of aromatic nitrogens is 2. The Balaban J connectivity index is 0.00000420. The van der Waals surface area contributed by atoms with E-state index < -0.39 is 0 Å². The third kappa shape index (κ3) is 10.1. The lowest BCUT2D eigenvalue weighted by Gasteiger charge is -2.16. The van der Waals surface area contributed by atoms with Gasteiger partial charge < -0.3 is 19.9 Å². The Kier molecular flexibility index (Phi) is 12.5. The minimum Gasteiger partial charge on any atom is -0.376 e. The largest absolute Gasteiger partial charge is 0.376 e. The molecule has 162 valence electrons.